The van der Waals surface area contributed by atoms with Gasteiger partial charge in [-0.25, -0.2) is 8.42 Å². The Balaban J connectivity index is 1.52. The van der Waals surface area contributed by atoms with E-state index in [9.17, 15) is 8.42 Å². The molecule has 0 aliphatic carbocycles. The van der Waals surface area contributed by atoms with Gasteiger partial charge in [0.15, 0.2) is 0 Å². The highest BCUT2D eigenvalue weighted by atomic mass is 32.2. The van der Waals surface area contributed by atoms with Gasteiger partial charge in [0.05, 0.1) is 17.1 Å². The van der Waals surface area contributed by atoms with Gasteiger partial charge in [0, 0.05) is 25.2 Å². The Kier molecular flexibility index (Phi) is 4.01. The summed E-state index contributed by atoms with van der Waals surface area (Å²) >= 11 is 0. The first-order chi connectivity index (χ1) is 12.0. The number of nitrogens with one attached hydrogen (secondary N) is 1. The van der Waals surface area contributed by atoms with Crippen LogP contribution in [0, 0.1) is 6.92 Å². The molecular weight excluding hydrogens is 334 g/mol. The standard InChI is InChI=1S/C19H21N3O2S/c1-15-7-9-18(10-8-15)25(23,24)21-12-11-19-16(13-21)14-22(20-19)17-5-3-2-4-6-17/h2-10,20H,11-14H2,1H3. The number of benzene rings is 2. The molecule has 130 valence electrons. The molecule has 0 unspecified atom stereocenters. The molecule has 6 heteroatoms. The van der Waals surface area contributed by atoms with Crippen molar-refractivity contribution in [3.8, 4) is 0 Å². The van der Waals surface area contributed by atoms with Gasteiger partial charge in [0.25, 0.3) is 0 Å². The van der Waals surface area contributed by atoms with E-state index in [4.69, 9.17) is 0 Å². The van der Waals surface area contributed by atoms with Crippen molar-refractivity contribution in [2.75, 3.05) is 24.6 Å². The SMILES string of the molecule is Cc1ccc(S(=O)(=O)N2CCC3=C(CN(c4ccccc4)N3)C2)cc1. The first-order valence-corrected chi connectivity index (χ1v) is 9.85. The zero-order valence-electron chi connectivity index (χ0n) is 14.1. The van der Waals surface area contributed by atoms with Crippen LogP contribution >= 0.6 is 0 Å². The third kappa shape index (κ3) is 3.03. The van der Waals surface area contributed by atoms with Gasteiger partial charge in [-0.05, 0) is 36.8 Å². The lowest BCUT2D eigenvalue weighted by Crippen LogP contribution is -2.37. The summed E-state index contributed by atoms with van der Waals surface area (Å²) in [5.74, 6) is 0. The van der Waals surface area contributed by atoms with Gasteiger partial charge in [-0.15, -0.1) is 0 Å². The predicted molar refractivity (Wildman–Crippen MR) is 98.5 cm³/mol. The Hall–Kier alpha value is -2.31. The minimum atomic E-state index is -3.45. The van der Waals surface area contributed by atoms with Crippen molar-refractivity contribution < 1.29 is 8.42 Å². The van der Waals surface area contributed by atoms with Gasteiger partial charge >= 0.3 is 0 Å². The number of hydrazine groups is 1. The topological polar surface area (TPSA) is 52.7 Å². The normalized spacial score (nSPS) is 18.2. The van der Waals surface area contributed by atoms with E-state index in [-0.39, 0.29) is 0 Å². The number of sulfonamides is 1. The summed E-state index contributed by atoms with van der Waals surface area (Å²) in [6, 6.07) is 17.2. The van der Waals surface area contributed by atoms with E-state index < -0.39 is 10.0 Å². The molecule has 0 saturated heterocycles. The van der Waals surface area contributed by atoms with Crippen molar-refractivity contribution in [1.82, 2.24) is 9.73 Å². The predicted octanol–water partition coefficient (Wildman–Crippen LogP) is 2.67. The van der Waals surface area contributed by atoms with Crippen molar-refractivity contribution in [3.05, 3.63) is 71.4 Å². The van der Waals surface area contributed by atoms with E-state index in [1.54, 1.807) is 16.4 Å². The maximum atomic E-state index is 12.9. The van der Waals surface area contributed by atoms with Gasteiger partial charge in [-0.3, -0.25) is 5.01 Å². The second-order valence-electron chi connectivity index (χ2n) is 6.52. The molecular formula is C19H21N3O2S. The van der Waals surface area contributed by atoms with Gasteiger partial charge < -0.3 is 5.43 Å². The largest absolute Gasteiger partial charge is 0.302 e. The van der Waals surface area contributed by atoms with Crippen molar-refractivity contribution in [2.24, 2.45) is 0 Å². The van der Waals surface area contributed by atoms with Crippen LogP contribution in [-0.2, 0) is 10.0 Å². The van der Waals surface area contributed by atoms with Crippen molar-refractivity contribution in [1.29, 1.82) is 0 Å². The second-order valence-corrected chi connectivity index (χ2v) is 8.46. The molecule has 25 heavy (non-hydrogen) atoms. The number of aryl methyl sites for hydroxylation is 1. The molecule has 0 atom stereocenters. The van der Waals surface area contributed by atoms with Crippen LogP contribution in [0.1, 0.15) is 12.0 Å². The summed E-state index contributed by atoms with van der Waals surface area (Å²) in [7, 11) is -3.45. The lowest BCUT2D eigenvalue weighted by atomic mass is 10.1. The van der Waals surface area contributed by atoms with Gasteiger partial charge in [0.1, 0.15) is 0 Å². The molecule has 2 aromatic rings. The first kappa shape index (κ1) is 16.2. The van der Waals surface area contributed by atoms with Crippen LogP contribution in [-0.4, -0.2) is 32.4 Å². The Bertz CT molecular complexity index is 905. The summed E-state index contributed by atoms with van der Waals surface area (Å²) in [5.41, 5.74) is 7.86. The molecule has 0 aromatic heterocycles. The average molecular weight is 355 g/mol. The van der Waals surface area contributed by atoms with E-state index in [0.717, 1.165) is 22.5 Å². The Labute approximate surface area is 148 Å². The molecule has 2 aliphatic rings. The van der Waals surface area contributed by atoms with E-state index in [1.165, 1.54) is 0 Å². The number of hydrogen-bond acceptors (Lipinski definition) is 4. The molecule has 2 aliphatic heterocycles. The molecule has 0 saturated carbocycles. The Morgan fingerprint density at radius 2 is 1.68 bits per heavy atom. The van der Waals surface area contributed by atoms with Crippen LogP contribution in [0.2, 0.25) is 0 Å². The zero-order valence-corrected chi connectivity index (χ0v) is 15.0. The third-order valence-corrected chi connectivity index (χ3v) is 6.61. The molecule has 0 amide bonds. The van der Waals surface area contributed by atoms with Crippen molar-refractivity contribution in [3.63, 3.8) is 0 Å². The van der Waals surface area contributed by atoms with Crippen LogP contribution in [0.4, 0.5) is 5.69 Å². The molecule has 0 radical (unpaired) electrons. The molecule has 4 rings (SSSR count). The summed E-state index contributed by atoms with van der Waals surface area (Å²) < 4.78 is 27.4. The molecule has 1 N–H and O–H groups in total. The lowest BCUT2D eigenvalue weighted by molar-refractivity contribution is 0.420. The van der Waals surface area contributed by atoms with Crippen LogP contribution in [0.25, 0.3) is 0 Å². The number of rotatable bonds is 3. The molecule has 2 aromatic carbocycles. The quantitative estimate of drug-likeness (QED) is 0.920. The average Bonchev–Trinajstić information content (AvgIpc) is 3.06. The molecule has 0 spiro atoms. The summed E-state index contributed by atoms with van der Waals surface area (Å²) in [5, 5.41) is 2.08. The number of anilines is 1. The van der Waals surface area contributed by atoms with Crippen LogP contribution in [0.5, 0.6) is 0 Å². The van der Waals surface area contributed by atoms with Gasteiger partial charge in [0.2, 0.25) is 10.0 Å². The Morgan fingerprint density at radius 1 is 0.960 bits per heavy atom. The fourth-order valence-electron chi connectivity index (χ4n) is 3.30. The van der Waals surface area contributed by atoms with Crippen LogP contribution in [0.3, 0.4) is 0 Å². The maximum Gasteiger partial charge on any atom is 0.243 e. The monoisotopic (exact) mass is 355 g/mol. The molecule has 0 fully saturated rings. The van der Waals surface area contributed by atoms with E-state index >= 15 is 0 Å². The lowest BCUT2D eigenvalue weighted by Gasteiger charge is -2.26. The van der Waals surface area contributed by atoms with E-state index in [1.807, 2.05) is 49.4 Å². The summed E-state index contributed by atoms with van der Waals surface area (Å²) in [6.07, 6.45) is 0.712. The summed E-state index contributed by atoms with van der Waals surface area (Å²) in [4.78, 5) is 0.369. The molecule has 0 bridgehead atoms. The van der Waals surface area contributed by atoms with Crippen molar-refractivity contribution >= 4 is 15.7 Å². The van der Waals surface area contributed by atoms with E-state index in [0.29, 0.717) is 31.0 Å². The van der Waals surface area contributed by atoms with Crippen molar-refractivity contribution in [2.45, 2.75) is 18.2 Å². The third-order valence-electron chi connectivity index (χ3n) is 4.75. The highest BCUT2D eigenvalue weighted by molar-refractivity contribution is 7.89. The van der Waals surface area contributed by atoms with Gasteiger partial charge in [-0.1, -0.05) is 35.9 Å². The molecule has 5 nitrogen and oxygen atoms in total. The minimum absolute atomic E-state index is 0.369. The van der Waals surface area contributed by atoms with E-state index in [2.05, 4.69) is 10.4 Å². The molecule has 2 heterocycles. The second kappa shape index (κ2) is 6.20. The fraction of sp³-hybridized carbons (Fsp3) is 0.263. The van der Waals surface area contributed by atoms with Crippen LogP contribution in [0.15, 0.2) is 70.8 Å². The first-order valence-electron chi connectivity index (χ1n) is 8.41. The minimum Gasteiger partial charge on any atom is -0.302 e. The van der Waals surface area contributed by atoms with Crippen LogP contribution < -0.4 is 10.4 Å². The highest BCUT2D eigenvalue weighted by Gasteiger charge is 2.33. The number of hydrogen-bond donors (Lipinski definition) is 1. The smallest absolute Gasteiger partial charge is 0.243 e. The Morgan fingerprint density at radius 3 is 2.40 bits per heavy atom. The van der Waals surface area contributed by atoms with Gasteiger partial charge in [-0.2, -0.15) is 4.31 Å². The highest BCUT2D eigenvalue weighted by Crippen LogP contribution is 2.29. The zero-order chi connectivity index (χ0) is 17.4. The fourth-order valence-corrected chi connectivity index (χ4v) is 4.74. The number of nitrogens with zero attached hydrogens (tertiary/aromatic N) is 2. The maximum absolute atomic E-state index is 12.9. The number of para-hydroxylation sites is 1. The summed E-state index contributed by atoms with van der Waals surface area (Å²) in [6.45, 7) is 3.61.